The summed E-state index contributed by atoms with van der Waals surface area (Å²) in [5, 5.41) is 8.52. The monoisotopic (exact) mass is 298 g/mol. The molecule has 0 amide bonds. The molecular weight excluding hydrogens is 280 g/mol. The topological polar surface area (TPSA) is 109 Å². The molecule has 0 saturated carbocycles. The molecule has 1 aliphatic rings. The number of hydrogen-bond donors (Lipinski definition) is 3. The van der Waals surface area contributed by atoms with Crippen LogP contribution < -0.4 is 10.5 Å². The minimum atomic E-state index is -3.46. The van der Waals surface area contributed by atoms with Gasteiger partial charge < -0.3 is 10.8 Å². The highest BCUT2D eigenvalue weighted by Crippen LogP contribution is 2.32. The number of sulfonamides is 1. The van der Waals surface area contributed by atoms with Gasteiger partial charge in [-0.2, -0.15) is 0 Å². The fourth-order valence-electron chi connectivity index (χ4n) is 2.45. The largest absolute Gasteiger partial charge is 0.481 e. The summed E-state index contributed by atoms with van der Waals surface area (Å²) in [6.07, 6.45) is 1.48. The Morgan fingerprint density at radius 1 is 1.45 bits per heavy atom. The number of aliphatic carboxylic acids is 1. The van der Waals surface area contributed by atoms with Gasteiger partial charge in [0.05, 0.1) is 5.75 Å². The van der Waals surface area contributed by atoms with Gasteiger partial charge in [-0.1, -0.05) is 6.07 Å². The lowest BCUT2D eigenvalue weighted by molar-refractivity contribution is -0.137. The number of rotatable bonds is 6. The van der Waals surface area contributed by atoms with Crippen molar-refractivity contribution in [1.82, 2.24) is 4.72 Å². The number of nitrogens with one attached hydrogen (secondary N) is 1. The standard InChI is InChI=1S/C13H18N2O4S/c14-10-4-5-11-9(8-10)3-6-12(11)15-20(18,19)7-1-2-13(16)17/h4-5,8,12,15H,1-3,6-7,14H2,(H,16,17). The second kappa shape index (κ2) is 5.80. The normalized spacial score (nSPS) is 17.9. The first-order valence-electron chi connectivity index (χ1n) is 6.47. The second-order valence-corrected chi connectivity index (χ2v) is 6.86. The highest BCUT2D eigenvalue weighted by Gasteiger charge is 2.26. The van der Waals surface area contributed by atoms with Gasteiger partial charge in [0.1, 0.15) is 0 Å². The van der Waals surface area contributed by atoms with E-state index in [2.05, 4.69) is 4.72 Å². The van der Waals surface area contributed by atoms with E-state index >= 15 is 0 Å². The SMILES string of the molecule is Nc1ccc2c(c1)CCC2NS(=O)(=O)CCCC(=O)O. The van der Waals surface area contributed by atoms with E-state index in [1.165, 1.54) is 0 Å². The molecule has 4 N–H and O–H groups in total. The molecule has 20 heavy (non-hydrogen) atoms. The van der Waals surface area contributed by atoms with Crippen LogP contribution in [-0.4, -0.2) is 25.2 Å². The zero-order valence-electron chi connectivity index (χ0n) is 11.0. The molecule has 1 atom stereocenters. The van der Waals surface area contributed by atoms with Gasteiger partial charge in [0.2, 0.25) is 10.0 Å². The van der Waals surface area contributed by atoms with Gasteiger partial charge >= 0.3 is 5.97 Å². The molecule has 2 rings (SSSR count). The second-order valence-electron chi connectivity index (χ2n) is 4.98. The number of carbonyl (C=O) groups is 1. The van der Waals surface area contributed by atoms with Crippen LogP contribution >= 0.6 is 0 Å². The molecular formula is C13H18N2O4S. The van der Waals surface area contributed by atoms with E-state index in [0.29, 0.717) is 12.1 Å². The summed E-state index contributed by atoms with van der Waals surface area (Å²) >= 11 is 0. The van der Waals surface area contributed by atoms with Crippen LogP contribution in [0.25, 0.3) is 0 Å². The van der Waals surface area contributed by atoms with Gasteiger partial charge in [-0.05, 0) is 42.5 Å². The smallest absolute Gasteiger partial charge is 0.303 e. The molecule has 1 aliphatic carbocycles. The maximum Gasteiger partial charge on any atom is 0.303 e. The Kier molecular flexibility index (Phi) is 4.29. The predicted molar refractivity (Wildman–Crippen MR) is 75.7 cm³/mol. The van der Waals surface area contributed by atoms with E-state index in [0.717, 1.165) is 17.5 Å². The van der Waals surface area contributed by atoms with Crippen molar-refractivity contribution >= 4 is 21.7 Å². The summed E-state index contributed by atoms with van der Waals surface area (Å²) in [6, 6.07) is 5.24. The fraction of sp³-hybridized carbons (Fsp3) is 0.462. The Morgan fingerprint density at radius 3 is 2.90 bits per heavy atom. The van der Waals surface area contributed by atoms with Gasteiger partial charge in [0.25, 0.3) is 0 Å². The van der Waals surface area contributed by atoms with Crippen molar-refractivity contribution in [1.29, 1.82) is 0 Å². The van der Waals surface area contributed by atoms with Gasteiger partial charge in [-0.25, -0.2) is 13.1 Å². The quantitative estimate of drug-likeness (QED) is 0.680. The molecule has 1 aromatic carbocycles. The Labute approximate surface area is 118 Å². The molecule has 0 aromatic heterocycles. The highest BCUT2D eigenvalue weighted by molar-refractivity contribution is 7.89. The van der Waals surface area contributed by atoms with Crippen molar-refractivity contribution < 1.29 is 18.3 Å². The summed E-state index contributed by atoms with van der Waals surface area (Å²) in [4.78, 5) is 10.4. The maximum absolute atomic E-state index is 11.9. The van der Waals surface area contributed by atoms with Crippen LogP contribution in [0.4, 0.5) is 5.69 Å². The molecule has 0 radical (unpaired) electrons. The number of carboxylic acids is 1. The van der Waals surface area contributed by atoms with Crippen molar-refractivity contribution in [2.75, 3.05) is 11.5 Å². The van der Waals surface area contributed by atoms with E-state index in [-0.39, 0.29) is 24.6 Å². The average Bonchev–Trinajstić information content (AvgIpc) is 2.70. The summed E-state index contributed by atoms with van der Waals surface area (Å²) in [7, 11) is -3.46. The Balaban J connectivity index is 2.00. The number of anilines is 1. The third-order valence-corrected chi connectivity index (χ3v) is 4.84. The summed E-state index contributed by atoms with van der Waals surface area (Å²) in [6.45, 7) is 0. The molecule has 6 nitrogen and oxygen atoms in total. The number of aryl methyl sites for hydroxylation is 1. The van der Waals surface area contributed by atoms with Crippen molar-refractivity contribution in [3.63, 3.8) is 0 Å². The zero-order valence-corrected chi connectivity index (χ0v) is 11.8. The number of fused-ring (bicyclic) bond motifs is 1. The van der Waals surface area contributed by atoms with Crippen LogP contribution in [0.3, 0.4) is 0 Å². The highest BCUT2D eigenvalue weighted by atomic mass is 32.2. The van der Waals surface area contributed by atoms with Gasteiger partial charge in [0.15, 0.2) is 0 Å². The van der Waals surface area contributed by atoms with Crippen LogP contribution in [0.5, 0.6) is 0 Å². The van der Waals surface area contributed by atoms with E-state index in [9.17, 15) is 13.2 Å². The molecule has 1 unspecified atom stereocenters. The van der Waals surface area contributed by atoms with E-state index < -0.39 is 16.0 Å². The predicted octanol–water partition coefficient (Wildman–Crippen LogP) is 1.04. The van der Waals surface area contributed by atoms with Crippen molar-refractivity contribution in [3.05, 3.63) is 29.3 Å². The van der Waals surface area contributed by atoms with E-state index in [1.807, 2.05) is 12.1 Å². The first kappa shape index (κ1) is 14.8. The van der Waals surface area contributed by atoms with E-state index in [4.69, 9.17) is 10.8 Å². The number of nitrogens with two attached hydrogens (primary N) is 1. The number of carboxylic acid groups (broad SMARTS) is 1. The van der Waals surface area contributed by atoms with Crippen molar-refractivity contribution in [2.24, 2.45) is 0 Å². The van der Waals surface area contributed by atoms with Crippen LogP contribution in [0.2, 0.25) is 0 Å². The molecule has 0 bridgehead atoms. The third-order valence-electron chi connectivity index (χ3n) is 3.37. The van der Waals surface area contributed by atoms with Crippen molar-refractivity contribution in [2.45, 2.75) is 31.7 Å². The Hall–Kier alpha value is -1.60. The van der Waals surface area contributed by atoms with Crippen LogP contribution in [-0.2, 0) is 21.2 Å². The van der Waals surface area contributed by atoms with Crippen LogP contribution in [0, 0.1) is 0 Å². The number of hydrogen-bond acceptors (Lipinski definition) is 4. The first-order chi connectivity index (χ1) is 9.37. The molecule has 0 saturated heterocycles. The van der Waals surface area contributed by atoms with Gasteiger partial charge in [0, 0.05) is 18.2 Å². The number of benzene rings is 1. The lowest BCUT2D eigenvalue weighted by atomic mass is 10.1. The summed E-state index contributed by atoms with van der Waals surface area (Å²) in [5.74, 6) is -1.15. The number of nitrogen functional groups attached to an aromatic ring is 1. The van der Waals surface area contributed by atoms with Gasteiger partial charge in [-0.15, -0.1) is 0 Å². The third kappa shape index (κ3) is 3.71. The molecule has 1 aromatic rings. The lowest BCUT2D eigenvalue weighted by Gasteiger charge is -2.14. The molecule has 0 spiro atoms. The van der Waals surface area contributed by atoms with Crippen LogP contribution in [0.1, 0.15) is 36.4 Å². The molecule has 0 heterocycles. The fourth-order valence-corrected chi connectivity index (χ4v) is 3.77. The minimum absolute atomic E-state index is 0.117. The zero-order chi connectivity index (χ0) is 14.8. The molecule has 0 aliphatic heterocycles. The first-order valence-corrected chi connectivity index (χ1v) is 8.13. The Morgan fingerprint density at radius 2 is 2.20 bits per heavy atom. The van der Waals surface area contributed by atoms with Gasteiger partial charge in [-0.3, -0.25) is 4.79 Å². The average molecular weight is 298 g/mol. The molecule has 110 valence electrons. The molecule has 7 heteroatoms. The summed E-state index contributed by atoms with van der Waals surface area (Å²) in [5.41, 5.74) is 8.41. The molecule has 0 fully saturated rings. The maximum atomic E-state index is 11.9. The lowest BCUT2D eigenvalue weighted by Crippen LogP contribution is -2.29. The minimum Gasteiger partial charge on any atom is -0.481 e. The summed E-state index contributed by atoms with van der Waals surface area (Å²) < 4.78 is 26.5. The Bertz CT molecular complexity index is 613. The van der Waals surface area contributed by atoms with Crippen molar-refractivity contribution in [3.8, 4) is 0 Å². The van der Waals surface area contributed by atoms with Crippen LogP contribution in [0.15, 0.2) is 18.2 Å². The van der Waals surface area contributed by atoms with E-state index in [1.54, 1.807) is 6.07 Å².